The summed E-state index contributed by atoms with van der Waals surface area (Å²) >= 11 is 0. The monoisotopic (exact) mass is 264 g/mol. The SMILES string of the molecule is CCc1cc(N=C2C=C(C)N2)nc(-c2ccccc2)n1. The van der Waals surface area contributed by atoms with Crippen molar-refractivity contribution in [3.63, 3.8) is 0 Å². The predicted molar refractivity (Wildman–Crippen MR) is 80.8 cm³/mol. The zero-order valence-electron chi connectivity index (χ0n) is 11.6. The van der Waals surface area contributed by atoms with Crippen LogP contribution in [0.1, 0.15) is 19.5 Å². The van der Waals surface area contributed by atoms with Gasteiger partial charge in [-0.15, -0.1) is 0 Å². The van der Waals surface area contributed by atoms with Crippen LogP contribution in [0.2, 0.25) is 0 Å². The van der Waals surface area contributed by atoms with Crippen molar-refractivity contribution in [1.82, 2.24) is 15.3 Å². The van der Waals surface area contributed by atoms with Gasteiger partial charge in [-0.1, -0.05) is 37.3 Å². The fraction of sp³-hybridized carbons (Fsp3) is 0.188. The van der Waals surface area contributed by atoms with Crippen LogP contribution >= 0.6 is 0 Å². The van der Waals surface area contributed by atoms with Gasteiger partial charge in [0.2, 0.25) is 0 Å². The Hall–Kier alpha value is -2.49. The Morgan fingerprint density at radius 2 is 1.90 bits per heavy atom. The highest BCUT2D eigenvalue weighted by Gasteiger charge is 2.10. The smallest absolute Gasteiger partial charge is 0.161 e. The molecule has 0 fully saturated rings. The highest BCUT2D eigenvalue weighted by Crippen LogP contribution is 2.20. The molecule has 2 aromatic rings. The second-order valence-electron chi connectivity index (χ2n) is 4.71. The first-order valence-corrected chi connectivity index (χ1v) is 6.72. The molecule has 4 heteroatoms. The van der Waals surface area contributed by atoms with E-state index in [9.17, 15) is 0 Å². The minimum atomic E-state index is 0.696. The summed E-state index contributed by atoms with van der Waals surface area (Å²) in [6, 6.07) is 11.9. The van der Waals surface area contributed by atoms with Crippen molar-refractivity contribution in [3.05, 3.63) is 53.9 Å². The van der Waals surface area contributed by atoms with Gasteiger partial charge in [0.05, 0.1) is 0 Å². The van der Waals surface area contributed by atoms with Gasteiger partial charge in [-0.2, -0.15) is 0 Å². The third-order valence-electron chi connectivity index (χ3n) is 3.07. The summed E-state index contributed by atoms with van der Waals surface area (Å²) in [5, 5.41) is 3.14. The van der Waals surface area contributed by atoms with Gasteiger partial charge in [-0.05, 0) is 19.4 Å². The molecule has 0 spiro atoms. The van der Waals surface area contributed by atoms with Gasteiger partial charge in [0.1, 0.15) is 5.84 Å². The maximum Gasteiger partial charge on any atom is 0.161 e. The number of benzene rings is 1. The number of rotatable bonds is 3. The molecule has 0 aliphatic carbocycles. The molecule has 100 valence electrons. The second-order valence-corrected chi connectivity index (χ2v) is 4.71. The summed E-state index contributed by atoms with van der Waals surface area (Å²) in [7, 11) is 0. The molecule has 4 nitrogen and oxygen atoms in total. The fourth-order valence-electron chi connectivity index (χ4n) is 2.02. The lowest BCUT2D eigenvalue weighted by atomic mass is 10.2. The highest BCUT2D eigenvalue weighted by atomic mass is 15.1. The first kappa shape index (κ1) is 12.5. The Kier molecular flexibility index (Phi) is 3.29. The third-order valence-corrected chi connectivity index (χ3v) is 3.07. The molecule has 0 saturated heterocycles. The predicted octanol–water partition coefficient (Wildman–Crippen LogP) is 3.24. The topological polar surface area (TPSA) is 50.2 Å². The molecule has 1 aliphatic rings. The number of allylic oxidation sites excluding steroid dienone is 1. The van der Waals surface area contributed by atoms with Crippen molar-refractivity contribution in [3.8, 4) is 11.4 Å². The molecule has 3 rings (SSSR count). The molecule has 1 aromatic carbocycles. The zero-order valence-corrected chi connectivity index (χ0v) is 11.6. The van der Waals surface area contributed by atoms with Crippen LogP contribution < -0.4 is 5.32 Å². The third kappa shape index (κ3) is 2.59. The molecule has 0 bridgehead atoms. The van der Waals surface area contributed by atoms with Gasteiger partial charge in [0.25, 0.3) is 0 Å². The van der Waals surface area contributed by atoms with E-state index in [0.29, 0.717) is 5.82 Å². The minimum absolute atomic E-state index is 0.696. The van der Waals surface area contributed by atoms with E-state index < -0.39 is 0 Å². The highest BCUT2D eigenvalue weighted by molar-refractivity contribution is 6.01. The number of aryl methyl sites for hydroxylation is 1. The molecule has 0 atom stereocenters. The number of hydrogen-bond donors (Lipinski definition) is 1. The van der Waals surface area contributed by atoms with E-state index in [1.165, 1.54) is 0 Å². The van der Waals surface area contributed by atoms with Crippen molar-refractivity contribution < 1.29 is 0 Å². The quantitative estimate of drug-likeness (QED) is 0.925. The van der Waals surface area contributed by atoms with E-state index in [4.69, 9.17) is 0 Å². The largest absolute Gasteiger partial charge is 0.344 e. The van der Waals surface area contributed by atoms with Gasteiger partial charge < -0.3 is 5.32 Å². The number of nitrogens with zero attached hydrogens (tertiary/aromatic N) is 3. The van der Waals surface area contributed by atoms with Gasteiger partial charge in [-0.25, -0.2) is 15.0 Å². The summed E-state index contributed by atoms with van der Waals surface area (Å²) in [6.45, 7) is 4.09. The average Bonchev–Trinajstić information content (AvgIpc) is 2.46. The zero-order chi connectivity index (χ0) is 13.9. The number of nitrogens with one attached hydrogen (secondary N) is 1. The number of hydrogen-bond acceptors (Lipinski definition) is 3. The standard InChI is InChI=1S/C16H16N4/c1-3-13-10-15(19-14-9-11(2)17-14)20-16(18-13)12-7-5-4-6-8-12/h4-10H,3H2,1-2H3,(H,17,18,19,20). The van der Waals surface area contributed by atoms with E-state index in [-0.39, 0.29) is 0 Å². The Morgan fingerprint density at radius 1 is 1.15 bits per heavy atom. The lowest BCUT2D eigenvalue weighted by molar-refractivity contribution is 0.996. The minimum Gasteiger partial charge on any atom is -0.344 e. The molecule has 1 aromatic heterocycles. The molecule has 1 N–H and O–H groups in total. The molecule has 0 saturated carbocycles. The fourth-order valence-corrected chi connectivity index (χ4v) is 2.02. The first-order valence-electron chi connectivity index (χ1n) is 6.72. The van der Waals surface area contributed by atoms with E-state index >= 15 is 0 Å². The normalized spacial score (nSPS) is 15.5. The molecule has 0 unspecified atom stereocenters. The van der Waals surface area contributed by atoms with E-state index in [1.807, 2.05) is 49.4 Å². The van der Waals surface area contributed by atoms with E-state index in [2.05, 4.69) is 27.2 Å². The Morgan fingerprint density at radius 3 is 2.55 bits per heavy atom. The van der Waals surface area contributed by atoms with Crippen LogP contribution in [0.4, 0.5) is 5.82 Å². The van der Waals surface area contributed by atoms with Crippen molar-refractivity contribution in [1.29, 1.82) is 0 Å². The lowest BCUT2D eigenvalue weighted by Gasteiger charge is -2.15. The van der Waals surface area contributed by atoms with Crippen LogP contribution in [0.25, 0.3) is 11.4 Å². The van der Waals surface area contributed by atoms with Crippen molar-refractivity contribution in [2.75, 3.05) is 0 Å². The molecular formula is C16H16N4. The molecule has 0 radical (unpaired) electrons. The van der Waals surface area contributed by atoms with Crippen LogP contribution in [-0.2, 0) is 6.42 Å². The maximum atomic E-state index is 4.57. The van der Waals surface area contributed by atoms with Crippen molar-refractivity contribution >= 4 is 11.7 Å². The van der Waals surface area contributed by atoms with Gasteiger partial charge in [-0.3, -0.25) is 0 Å². The molecule has 1 aliphatic heterocycles. The summed E-state index contributed by atoms with van der Waals surface area (Å²) < 4.78 is 0. The van der Waals surface area contributed by atoms with Gasteiger partial charge in [0.15, 0.2) is 11.6 Å². The molecule has 2 heterocycles. The maximum absolute atomic E-state index is 4.57. The second kappa shape index (κ2) is 5.25. The summed E-state index contributed by atoms with van der Waals surface area (Å²) in [6.07, 6.45) is 2.86. The van der Waals surface area contributed by atoms with Crippen molar-refractivity contribution in [2.24, 2.45) is 4.99 Å². The summed E-state index contributed by atoms with van der Waals surface area (Å²) in [4.78, 5) is 13.6. The number of amidine groups is 1. The van der Waals surface area contributed by atoms with Crippen molar-refractivity contribution in [2.45, 2.75) is 20.3 Å². The van der Waals surface area contributed by atoms with E-state index in [1.54, 1.807) is 0 Å². The molecular weight excluding hydrogens is 248 g/mol. The van der Waals surface area contributed by atoms with Crippen LogP contribution in [0, 0.1) is 0 Å². The van der Waals surface area contributed by atoms with Crippen LogP contribution in [0.15, 0.2) is 53.2 Å². The average molecular weight is 264 g/mol. The molecule has 20 heavy (non-hydrogen) atoms. The summed E-state index contributed by atoms with van der Waals surface area (Å²) in [5.41, 5.74) is 3.13. The van der Waals surface area contributed by atoms with Crippen LogP contribution in [-0.4, -0.2) is 15.8 Å². The summed E-state index contributed by atoms with van der Waals surface area (Å²) in [5.74, 6) is 2.27. The Bertz CT molecular complexity index is 687. The first-order chi connectivity index (χ1) is 9.74. The van der Waals surface area contributed by atoms with Gasteiger partial charge in [0, 0.05) is 23.0 Å². The van der Waals surface area contributed by atoms with Crippen LogP contribution in [0.3, 0.4) is 0 Å². The van der Waals surface area contributed by atoms with E-state index in [0.717, 1.165) is 35.0 Å². The van der Waals surface area contributed by atoms with Crippen LogP contribution in [0.5, 0.6) is 0 Å². The Labute approximate surface area is 118 Å². The number of aliphatic imine (C=N–C) groups is 1. The Balaban J connectivity index is 2.02. The molecule has 0 amide bonds. The number of aromatic nitrogens is 2. The lowest BCUT2D eigenvalue weighted by Crippen LogP contribution is -2.29. The van der Waals surface area contributed by atoms with Gasteiger partial charge >= 0.3 is 0 Å².